The van der Waals surface area contributed by atoms with Gasteiger partial charge in [-0.25, -0.2) is 0 Å². The van der Waals surface area contributed by atoms with Crippen LogP contribution in [0.3, 0.4) is 0 Å². The molecule has 0 heterocycles. The Bertz CT molecular complexity index is 144. The van der Waals surface area contributed by atoms with Crippen LogP contribution in [0.4, 0.5) is 13.2 Å². The number of halogens is 3. The van der Waals surface area contributed by atoms with E-state index < -0.39 is 12.6 Å². The van der Waals surface area contributed by atoms with Crippen LogP contribution in [0, 0.1) is 17.3 Å². The third-order valence-corrected chi connectivity index (χ3v) is 2.46. The third-order valence-electron chi connectivity index (χ3n) is 2.46. The summed E-state index contributed by atoms with van der Waals surface area (Å²) in [6, 6.07) is 0. The molecule has 0 amide bonds. The first kappa shape index (κ1) is 13.8. The summed E-state index contributed by atoms with van der Waals surface area (Å²) in [5.41, 5.74) is 0.110. The van der Waals surface area contributed by atoms with E-state index in [4.69, 9.17) is 0 Å². The van der Waals surface area contributed by atoms with Gasteiger partial charge in [-0.3, -0.25) is 0 Å². The van der Waals surface area contributed by atoms with Crippen molar-refractivity contribution in [1.82, 2.24) is 0 Å². The van der Waals surface area contributed by atoms with E-state index in [9.17, 15) is 13.2 Å². The summed E-state index contributed by atoms with van der Waals surface area (Å²) in [6.45, 7) is 9.77. The molecule has 0 aliphatic heterocycles. The lowest BCUT2D eigenvalue weighted by Crippen LogP contribution is -2.22. The van der Waals surface area contributed by atoms with E-state index >= 15 is 0 Å². The second kappa shape index (κ2) is 4.54. The molecule has 2 unspecified atom stereocenters. The molecule has 2 atom stereocenters. The lowest BCUT2D eigenvalue weighted by Gasteiger charge is -2.28. The fraction of sp³-hybridized carbons (Fsp3) is 1.00. The van der Waals surface area contributed by atoms with Crippen molar-refractivity contribution in [3.05, 3.63) is 0 Å². The summed E-state index contributed by atoms with van der Waals surface area (Å²) in [7, 11) is 0. The minimum Gasteiger partial charge on any atom is -0.171 e. The summed E-state index contributed by atoms with van der Waals surface area (Å²) >= 11 is 0. The monoisotopic (exact) mass is 210 g/mol. The molecule has 0 spiro atoms. The lowest BCUT2D eigenvalue weighted by atomic mass is 9.79. The summed E-state index contributed by atoms with van der Waals surface area (Å²) < 4.78 is 36.3. The zero-order chi connectivity index (χ0) is 11.6. The van der Waals surface area contributed by atoms with Crippen LogP contribution in [-0.4, -0.2) is 6.18 Å². The van der Waals surface area contributed by atoms with Crippen LogP contribution < -0.4 is 0 Å². The molecular formula is C11H21F3. The first-order valence-electron chi connectivity index (χ1n) is 5.08. The number of hydrogen-bond donors (Lipinski definition) is 0. The van der Waals surface area contributed by atoms with Crippen LogP contribution in [0.5, 0.6) is 0 Å². The maximum Gasteiger partial charge on any atom is 0.389 e. The van der Waals surface area contributed by atoms with E-state index in [0.717, 1.165) is 6.42 Å². The SMILES string of the molecule is CC(CC(C)(C)C)C(C)CC(F)(F)F. The highest BCUT2D eigenvalue weighted by atomic mass is 19.4. The first-order valence-corrected chi connectivity index (χ1v) is 5.08. The molecule has 0 radical (unpaired) electrons. The normalized spacial score (nSPS) is 18.0. The standard InChI is InChI=1S/C11H21F3/c1-8(6-10(3,4)5)9(2)7-11(12,13)14/h8-9H,6-7H2,1-5H3. The summed E-state index contributed by atoms with van der Waals surface area (Å²) in [5, 5.41) is 0. The molecule has 0 aromatic heterocycles. The molecule has 0 aromatic rings. The molecule has 0 fully saturated rings. The van der Waals surface area contributed by atoms with Crippen LogP contribution in [0.2, 0.25) is 0 Å². The average molecular weight is 210 g/mol. The van der Waals surface area contributed by atoms with Gasteiger partial charge in [0.05, 0.1) is 0 Å². The average Bonchev–Trinajstić information content (AvgIpc) is 1.78. The van der Waals surface area contributed by atoms with Crippen molar-refractivity contribution in [2.75, 3.05) is 0 Å². The van der Waals surface area contributed by atoms with Gasteiger partial charge in [0.25, 0.3) is 0 Å². The van der Waals surface area contributed by atoms with Crippen LogP contribution in [0.15, 0.2) is 0 Å². The third kappa shape index (κ3) is 7.22. The van der Waals surface area contributed by atoms with Gasteiger partial charge in [-0.15, -0.1) is 0 Å². The van der Waals surface area contributed by atoms with Crippen molar-refractivity contribution in [3.8, 4) is 0 Å². The fourth-order valence-electron chi connectivity index (χ4n) is 1.73. The van der Waals surface area contributed by atoms with Gasteiger partial charge in [0.1, 0.15) is 0 Å². The van der Waals surface area contributed by atoms with Crippen molar-refractivity contribution >= 4 is 0 Å². The van der Waals surface area contributed by atoms with Gasteiger partial charge in [0.15, 0.2) is 0 Å². The zero-order valence-electron chi connectivity index (χ0n) is 9.70. The van der Waals surface area contributed by atoms with Crippen LogP contribution in [-0.2, 0) is 0 Å². The number of alkyl halides is 3. The molecule has 0 aliphatic carbocycles. The van der Waals surface area contributed by atoms with Gasteiger partial charge in [-0.05, 0) is 23.7 Å². The summed E-state index contributed by atoms with van der Waals surface area (Å²) in [6.07, 6.45) is -3.85. The molecule has 0 saturated heterocycles. The van der Waals surface area contributed by atoms with Crippen LogP contribution in [0.25, 0.3) is 0 Å². The topological polar surface area (TPSA) is 0 Å². The van der Waals surface area contributed by atoms with Crippen molar-refractivity contribution in [1.29, 1.82) is 0 Å². The van der Waals surface area contributed by atoms with Crippen molar-refractivity contribution in [3.63, 3.8) is 0 Å². The molecule has 3 heteroatoms. The molecule has 0 saturated carbocycles. The molecule has 0 aliphatic rings. The largest absolute Gasteiger partial charge is 0.389 e. The quantitative estimate of drug-likeness (QED) is 0.636. The smallest absolute Gasteiger partial charge is 0.171 e. The molecule has 0 rings (SSSR count). The van der Waals surface area contributed by atoms with Gasteiger partial charge in [-0.2, -0.15) is 13.2 Å². The Labute approximate surface area is 84.9 Å². The van der Waals surface area contributed by atoms with E-state index in [1.165, 1.54) is 0 Å². The van der Waals surface area contributed by atoms with E-state index in [1.807, 2.05) is 6.92 Å². The van der Waals surface area contributed by atoms with Crippen molar-refractivity contribution in [2.45, 2.75) is 53.6 Å². The Morgan fingerprint density at radius 1 is 0.857 bits per heavy atom. The Morgan fingerprint density at radius 3 is 1.50 bits per heavy atom. The minimum absolute atomic E-state index is 0.110. The maximum absolute atomic E-state index is 12.1. The Morgan fingerprint density at radius 2 is 1.21 bits per heavy atom. The highest BCUT2D eigenvalue weighted by Crippen LogP contribution is 2.34. The molecule has 86 valence electrons. The van der Waals surface area contributed by atoms with Crippen molar-refractivity contribution in [2.24, 2.45) is 17.3 Å². The van der Waals surface area contributed by atoms with E-state index in [0.29, 0.717) is 0 Å². The molecule has 14 heavy (non-hydrogen) atoms. The van der Waals surface area contributed by atoms with E-state index in [1.54, 1.807) is 6.92 Å². The van der Waals surface area contributed by atoms with E-state index in [2.05, 4.69) is 20.8 Å². The van der Waals surface area contributed by atoms with E-state index in [-0.39, 0.29) is 17.3 Å². The number of hydrogen-bond acceptors (Lipinski definition) is 0. The molecule has 0 N–H and O–H groups in total. The predicted octanol–water partition coefficient (Wildman–Crippen LogP) is 4.65. The first-order chi connectivity index (χ1) is 6.01. The van der Waals surface area contributed by atoms with Crippen LogP contribution >= 0.6 is 0 Å². The Hall–Kier alpha value is -0.210. The minimum atomic E-state index is -4.02. The second-order valence-electron chi connectivity index (χ2n) is 5.54. The zero-order valence-corrected chi connectivity index (χ0v) is 9.70. The highest BCUT2D eigenvalue weighted by molar-refractivity contribution is 4.72. The molecule has 0 bridgehead atoms. The maximum atomic E-state index is 12.1. The number of rotatable bonds is 3. The van der Waals surface area contributed by atoms with Crippen LogP contribution in [0.1, 0.15) is 47.5 Å². The van der Waals surface area contributed by atoms with Gasteiger partial charge < -0.3 is 0 Å². The summed E-state index contributed by atoms with van der Waals surface area (Å²) in [4.78, 5) is 0. The summed E-state index contributed by atoms with van der Waals surface area (Å²) in [5.74, 6) is -0.161. The second-order valence-corrected chi connectivity index (χ2v) is 5.54. The molecule has 0 nitrogen and oxygen atoms in total. The lowest BCUT2D eigenvalue weighted by molar-refractivity contribution is -0.147. The highest BCUT2D eigenvalue weighted by Gasteiger charge is 2.32. The van der Waals surface area contributed by atoms with Gasteiger partial charge in [-0.1, -0.05) is 34.6 Å². The fourth-order valence-corrected chi connectivity index (χ4v) is 1.73. The van der Waals surface area contributed by atoms with Gasteiger partial charge >= 0.3 is 6.18 Å². The Balaban J connectivity index is 4.07. The van der Waals surface area contributed by atoms with Crippen molar-refractivity contribution < 1.29 is 13.2 Å². The predicted molar refractivity (Wildman–Crippen MR) is 53.1 cm³/mol. The molecular weight excluding hydrogens is 189 g/mol. The molecule has 0 aromatic carbocycles. The Kier molecular flexibility index (Phi) is 4.47. The van der Waals surface area contributed by atoms with Gasteiger partial charge in [0, 0.05) is 6.42 Å². The van der Waals surface area contributed by atoms with Gasteiger partial charge in [0.2, 0.25) is 0 Å².